The van der Waals surface area contributed by atoms with E-state index in [0.29, 0.717) is 40.7 Å². The predicted molar refractivity (Wildman–Crippen MR) is 234 cm³/mol. The molecule has 3 heterocycles. The second-order valence-corrected chi connectivity index (χ2v) is 21.9. The number of benzene rings is 5. The molecule has 2 aliphatic rings. The number of rotatable bonds is 4. The van der Waals surface area contributed by atoms with Gasteiger partial charge < -0.3 is 14.4 Å². The van der Waals surface area contributed by atoms with Crippen molar-refractivity contribution in [1.82, 2.24) is 9.97 Å². The van der Waals surface area contributed by atoms with Gasteiger partial charge in [-0.05, 0) is 119 Å². The summed E-state index contributed by atoms with van der Waals surface area (Å²) in [6.45, 7) is 4.70. The van der Waals surface area contributed by atoms with E-state index in [2.05, 4.69) is 108 Å². The Kier molecular flexibility index (Phi) is 9.54. The Bertz CT molecular complexity index is 2810. The van der Waals surface area contributed by atoms with Crippen LogP contribution < -0.4 is 5.19 Å². The summed E-state index contributed by atoms with van der Waals surface area (Å²) >= 11 is 0. The number of furan rings is 1. The Morgan fingerprint density at radius 2 is 1.54 bits per heavy atom. The Morgan fingerprint density at radius 3 is 2.32 bits per heavy atom. The van der Waals surface area contributed by atoms with Crippen LogP contribution in [0.2, 0.25) is 19.6 Å². The van der Waals surface area contributed by atoms with Crippen LogP contribution in [-0.2, 0) is 20.1 Å². The van der Waals surface area contributed by atoms with Gasteiger partial charge in [-0.2, -0.15) is 0 Å². The van der Waals surface area contributed by atoms with E-state index in [0.717, 1.165) is 51.2 Å². The fourth-order valence-corrected chi connectivity index (χ4v) is 10.2. The van der Waals surface area contributed by atoms with Gasteiger partial charge >= 0.3 is 0 Å². The zero-order valence-corrected chi connectivity index (χ0v) is 35.9. The molecule has 0 bridgehead atoms. The smallest absolute Gasteiger partial charge is 0.121 e. The molecule has 0 atom stereocenters. The average molecular weight is 931 g/mol. The van der Waals surface area contributed by atoms with E-state index in [1.807, 2.05) is 42.6 Å². The van der Waals surface area contributed by atoms with Gasteiger partial charge in [0.1, 0.15) is 5.58 Å². The fraction of sp³-hybridized carbons (Fsp3) is 0.294. The predicted octanol–water partition coefficient (Wildman–Crippen LogP) is 13.8. The minimum absolute atomic E-state index is 0. The normalized spacial score (nSPS) is 17.7. The molecule has 0 N–H and O–H groups in total. The SMILES string of the molecule is C[Si](C)(C)c1ccnc(-c2[c-]cccc2)c1.[2H]C([2H])([2H])c1cnc(-c2[c-]ccc3c2oc2cc4c(ccc5ccccc54)cc23)cc1C1([2H])CCC2(CCCCC2)CC1.[Ir]. The molecule has 0 aliphatic heterocycles. The van der Waals surface area contributed by atoms with E-state index in [1.54, 1.807) is 0 Å². The molecule has 1 spiro atoms. The van der Waals surface area contributed by atoms with Gasteiger partial charge in [0, 0.05) is 43.4 Å². The van der Waals surface area contributed by atoms with E-state index >= 15 is 0 Å². The van der Waals surface area contributed by atoms with Gasteiger partial charge in [-0.3, -0.25) is 0 Å². The molecule has 8 aromatic rings. The first-order valence-electron chi connectivity index (χ1n) is 21.9. The molecule has 3 aromatic heterocycles. The van der Waals surface area contributed by atoms with Crippen molar-refractivity contribution in [3.8, 4) is 22.5 Å². The van der Waals surface area contributed by atoms with E-state index in [1.165, 1.54) is 54.3 Å². The van der Waals surface area contributed by atoms with Crippen LogP contribution in [-0.4, -0.2) is 18.0 Å². The summed E-state index contributed by atoms with van der Waals surface area (Å²) in [5.74, 6) is -0.954. The molecular formula is C51H50IrN2OSi-2. The van der Waals surface area contributed by atoms with Crippen LogP contribution in [0.5, 0.6) is 0 Å². The summed E-state index contributed by atoms with van der Waals surface area (Å²) in [5, 5.41) is 8.09. The third kappa shape index (κ3) is 7.54. The molecule has 10 rings (SSSR count). The van der Waals surface area contributed by atoms with Crippen molar-refractivity contribution in [1.29, 1.82) is 0 Å². The molecule has 5 aromatic carbocycles. The minimum Gasteiger partial charge on any atom is -0.501 e. The number of nitrogens with zero attached hydrogens (tertiary/aromatic N) is 2. The Morgan fingerprint density at radius 1 is 0.732 bits per heavy atom. The minimum atomic E-state index is -2.34. The van der Waals surface area contributed by atoms with Crippen molar-refractivity contribution in [3.63, 3.8) is 0 Å². The molecule has 0 unspecified atom stereocenters. The van der Waals surface area contributed by atoms with Crippen molar-refractivity contribution in [2.24, 2.45) is 5.41 Å². The van der Waals surface area contributed by atoms with Gasteiger partial charge in [0.25, 0.3) is 0 Å². The van der Waals surface area contributed by atoms with Gasteiger partial charge in [-0.1, -0.05) is 104 Å². The first-order chi connectivity index (χ1) is 28.3. The van der Waals surface area contributed by atoms with E-state index in [9.17, 15) is 1.37 Å². The van der Waals surface area contributed by atoms with Crippen molar-refractivity contribution < 1.29 is 30.0 Å². The summed E-state index contributed by atoms with van der Waals surface area (Å²) in [4.78, 5) is 9.08. The Labute approximate surface area is 352 Å². The second-order valence-electron chi connectivity index (χ2n) is 16.8. The van der Waals surface area contributed by atoms with Crippen molar-refractivity contribution in [3.05, 3.63) is 139 Å². The zero-order valence-electron chi connectivity index (χ0n) is 36.5. The fourth-order valence-electron chi connectivity index (χ4n) is 9.07. The van der Waals surface area contributed by atoms with E-state index < -0.39 is 20.8 Å². The number of pyridine rings is 2. The van der Waals surface area contributed by atoms with Gasteiger partial charge in [0.15, 0.2) is 0 Å². The maximum atomic E-state index is 9.63. The monoisotopic (exact) mass is 931 g/mol. The summed E-state index contributed by atoms with van der Waals surface area (Å²) < 4.78 is 41.1. The van der Waals surface area contributed by atoms with E-state index in [-0.39, 0.29) is 25.7 Å². The summed E-state index contributed by atoms with van der Waals surface area (Å²) in [5.41, 5.74) is 5.99. The average Bonchev–Trinajstić information content (AvgIpc) is 3.62. The molecule has 0 amide bonds. The van der Waals surface area contributed by atoms with Crippen LogP contribution in [0, 0.1) is 24.4 Å². The van der Waals surface area contributed by atoms with Gasteiger partial charge in [0.05, 0.1) is 13.7 Å². The number of aromatic nitrogens is 2. The van der Waals surface area contributed by atoms with Gasteiger partial charge in [-0.15, -0.1) is 54.1 Å². The first-order valence-corrected chi connectivity index (χ1v) is 23.4. The van der Waals surface area contributed by atoms with Crippen LogP contribution in [0.1, 0.15) is 80.3 Å². The molecule has 2 fully saturated rings. The quantitative estimate of drug-likeness (QED) is 0.100. The molecule has 3 nitrogen and oxygen atoms in total. The van der Waals surface area contributed by atoms with Crippen LogP contribution in [0.3, 0.4) is 0 Å². The second kappa shape index (κ2) is 15.8. The Hall–Kier alpha value is -4.41. The standard InChI is InChI=1S/C37H34NO.C14H16NSi.Ir/c1-24-23-38-34(21-31(24)26-14-18-37(19-15-26)16-5-2-6-17-37)30-11-7-10-29-33-20-27-13-12-25-8-3-4-9-28(25)32(27)22-35(33)39-36(29)30;1-16(2,3)13-9-10-15-14(11-13)12-7-5-4-6-8-12;/h3-4,7-10,12-13,20-23,26H,2,5-6,14-19H2,1H3;4-7,9-11H,1-3H3;/q2*-1;/i1D3,26D;;. The van der Waals surface area contributed by atoms with Gasteiger partial charge in [0.2, 0.25) is 0 Å². The largest absolute Gasteiger partial charge is 0.501 e. The molecule has 5 heteroatoms. The molecule has 0 saturated heterocycles. The summed E-state index contributed by atoms with van der Waals surface area (Å²) in [7, 11) is -1.25. The summed E-state index contributed by atoms with van der Waals surface area (Å²) in [6.07, 6.45) is 13.1. The van der Waals surface area contributed by atoms with Gasteiger partial charge in [-0.25, -0.2) is 0 Å². The molecule has 1 radical (unpaired) electrons. The number of hydrogen-bond donors (Lipinski definition) is 0. The molecule has 285 valence electrons. The molecular weight excluding hydrogens is 877 g/mol. The molecule has 56 heavy (non-hydrogen) atoms. The molecule has 2 aliphatic carbocycles. The van der Waals surface area contributed by atoms with Crippen molar-refractivity contribution >= 4 is 56.7 Å². The van der Waals surface area contributed by atoms with Crippen LogP contribution in [0.25, 0.3) is 66.0 Å². The maximum Gasteiger partial charge on any atom is 0.121 e. The van der Waals surface area contributed by atoms with Crippen LogP contribution in [0.4, 0.5) is 0 Å². The van der Waals surface area contributed by atoms with Crippen molar-refractivity contribution in [2.45, 2.75) is 90.2 Å². The number of aryl methyl sites for hydroxylation is 1. The van der Waals surface area contributed by atoms with E-state index in [4.69, 9.17) is 8.53 Å². The third-order valence-electron chi connectivity index (χ3n) is 12.3. The topological polar surface area (TPSA) is 38.9 Å². The molecule has 2 saturated carbocycles. The number of hydrogen-bond acceptors (Lipinski definition) is 3. The van der Waals surface area contributed by atoms with Crippen LogP contribution >= 0.6 is 0 Å². The summed E-state index contributed by atoms with van der Waals surface area (Å²) in [6, 6.07) is 41.6. The maximum absolute atomic E-state index is 9.63. The first kappa shape index (κ1) is 33.7. The Balaban J connectivity index is 0.000000248. The van der Waals surface area contributed by atoms with Crippen molar-refractivity contribution in [2.75, 3.05) is 0 Å². The third-order valence-corrected chi connectivity index (χ3v) is 14.3. The number of fused-ring (bicyclic) bond motifs is 6. The zero-order chi connectivity index (χ0) is 41.0. The van der Waals surface area contributed by atoms with Crippen LogP contribution in [0.15, 0.2) is 120 Å².